The van der Waals surface area contributed by atoms with Gasteiger partial charge in [0.25, 0.3) is 0 Å². The zero-order chi connectivity index (χ0) is 32.3. The molecule has 0 radical (unpaired) electrons. The van der Waals surface area contributed by atoms with Crippen LogP contribution in [0.1, 0.15) is 53.9 Å². The van der Waals surface area contributed by atoms with Gasteiger partial charge in [-0.15, -0.1) is 11.3 Å². The van der Waals surface area contributed by atoms with E-state index in [2.05, 4.69) is 0 Å². The lowest BCUT2D eigenvalue weighted by atomic mass is 10.0. The fraction of sp³-hybridized carbons (Fsp3) is 0.400. The first kappa shape index (κ1) is 33.2. The molecule has 44 heavy (non-hydrogen) atoms. The average Bonchev–Trinajstić information content (AvgIpc) is 3.60. The minimum atomic E-state index is -1.05. The van der Waals surface area contributed by atoms with Gasteiger partial charge in [-0.1, -0.05) is 37.0 Å². The Balaban J connectivity index is 1.38. The quantitative estimate of drug-likeness (QED) is 0.137. The molecule has 0 unspecified atom stereocenters. The molecule has 3 aromatic rings. The first-order valence-electron chi connectivity index (χ1n) is 13.7. The number of phenolic OH excluding ortho intramolecular Hbond substituents is 1. The van der Waals surface area contributed by atoms with Gasteiger partial charge >= 0.3 is 11.9 Å². The number of aromatic hydroxyl groups is 1. The molecule has 0 fully saturated rings. The predicted octanol–water partition coefficient (Wildman–Crippen LogP) is 6.02. The molecule has 2 heterocycles. The zero-order valence-corrected chi connectivity index (χ0v) is 26.5. The van der Waals surface area contributed by atoms with E-state index >= 15 is 0 Å². The highest BCUT2D eigenvalue weighted by Gasteiger charge is 2.30. The van der Waals surface area contributed by atoms with Crippen LogP contribution in [-0.4, -0.2) is 64.2 Å². The smallest absolute Gasteiger partial charge is 0.306 e. The molecule has 0 spiro atoms. The molecule has 1 amide bonds. The molecule has 14 heteroatoms. The number of hydrogen-bond acceptors (Lipinski definition) is 9. The summed E-state index contributed by atoms with van der Waals surface area (Å²) in [5.74, 6) is -3.82. The van der Waals surface area contributed by atoms with Crippen LogP contribution in [0.4, 0.5) is 0 Å². The molecule has 0 bridgehead atoms. The number of nitrogens with zero attached hydrogens (tertiary/aromatic N) is 1. The Morgan fingerprint density at radius 3 is 2.20 bits per heavy atom. The number of thiophene rings is 1. The summed E-state index contributed by atoms with van der Waals surface area (Å²) in [5, 5.41) is 29.8. The van der Waals surface area contributed by atoms with Crippen molar-refractivity contribution in [2.45, 2.75) is 46.2 Å². The van der Waals surface area contributed by atoms with Crippen molar-refractivity contribution in [3.05, 3.63) is 44.2 Å². The second-order valence-corrected chi connectivity index (χ2v) is 12.4. The summed E-state index contributed by atoms with van der Waals surface area (Å²) in [6.07, 6.45) is 0.0881. The highest BCUT2D eigenvalue weighted by molar-refractivity contribution is 7.21. The van der Waals surface area contributed by atoms with Gasteiger partial charge in [0.1, 0.15) is 0 Å². The van der Waals surface area contributed by atoms with E-state index in [9.17, 15) is 24.3 Å². The van der Waals surface area contributed by atoms with Gasteiger partial charge in [-0.05, 0) is 23.3 Å². The number of hydrogen-bond donors (Lipinski definition) is 3. The van der Waals surface area contributed by atoms with Crippen molar-refractivity contribution in [3.63, 3.8) is 0 Å². The van der Waals surface area contributed by atoms with E-state index in [1.54, 1.807) is 12.1 Å². The van der Waals surface area contributed by atoms with Crippen LogP contribution in [0.15, 0.2) is 18.2 Å². The molecule has 1 aliphatic rings. The van der Waals surface area contributed by atoms with Gasteiger partial charge in [0, 0.05) is 48.5 Å². The molecule has 0 saturated heterocycles. The molecular weight excluding hydrogens is 637 g/mol. The van der Waals surface area contributed by atoms with Crippen LogP contribution in [0.3, 0.4) is 0 Å². The van der Waals surface area contributed by atoms with Gasteiger partial charge in [0.15, 0.2) is 28.8 Å². The Bertz CT molecular complexity index is 1620. The van der Waals surface area contributed by atoms with E-state index in [1.165, 1.54) is 43.3 Å². The molecule has 4 rings (SSSR count). The third-order valence-corrected chi connectivity index (χ3v) is 9.13. The maximum atomic E-state index is 12.6. The van der Waals surface area contributed by atoms with E-state index in [0.29, 0.717) is 38.3 Å². The van der Waals surface area contributed by atoms with Gasteiger partial charge in [-0.3, -0.25) is 19.2 Å². The number of phenols is 1. The van der Waals surface area contributed by atoms with Crippen molar-refractivity contribution in [1.82, 2.24) is 4.90 Å². The Kier molecular flexibility index (Phi) is 10.5. The normalized spacial score (nSPS) is 13.8. The lowest BCUT2D eigenvalue weighted by Crippen LogP contribution is -2.28. The van der Waals surface area contributed by atoms with E-state index in [1.807, 2.05) is 0 Å². The zero-order valence-electron chi connectivity index (χ0n) is 24.1. The second-order valence-electron chi connectivity index (χ2n) is 10.5. The van der Waals surface area contributed by atoms with Crippen LogP contribution >= 0.6 is 34.5 Å². The average molecular weight is 669 g/mol. The highest BCUT2D eigenvalue weighted by atomic mass is 35.5. The number of fused-ring (bicyclic) bond motifs is 2. The number of aliphatic carboxylic acids is 2. The van der Waals surface area contributed by atoms with Crippen LogP contribution in [0.5, 0.6) is 23.0 Å². The maximum absolute atomic E-state index is 12.6. The third kappa shape index (κ3) is 7.14. The van der Waals surface area contributed by atoms with E-state index in [4.69, 9.17) is 47.6 Å². The van der Waals surface area contributed by atoms with Crippen molar-refractivity contribution >= 4 is 68.3 Å². The lowest BCUT2D eigenvalue weighted by Gasteiger charge is -2.16. The minimum Gasteiger partial charge on any atom is -0.504 e. The molecule has 11 nitrogen and oxygen atoms in total. The number of rotatable bonds is 14. The Morgan fingerprint density at radius 2 is 1.57 bits per heavy atom. The molecule has 3 N–H and O–H groups in total. The highest BCUT2D eigenvalue weighted by Crippen LogP contribution is 2.45. The summed E-state index contributed by atoms with van der Waals surface area (Å²) < 4.78 is 17.8. The van der Waals surface area contributed by atoms with Crippen molar-refractivity contribution in [2.24, 2.45) is 11.8 Å². The first-order chi connectivity index (χ1) is 20.8. The van der Waals surface area contributed by atoms with Gasteiger partial charge in [0.2, 0.25) is 5.91 Å². The number of carboxylic acid groups (broad SMARTS) is 2. The molecular formula is C30H31Cl2NO10S. The Labute approximate surface area is 266 Å². The van der Waals surface area contributed by atoms with Crippen molar-refractivity contribution in [1.29, 1.82) is 0 Å². The molecule has 236 valence electrons. The molecule has 0 saturated carbocycles. The van der Waals surface area contributed by atoms with Crippen LogP contribution in [0, 0.1) is 11.8 Å². The number of amides is 1. The number of ketones is 1. The summed E-state index contributed by atoms with van der Waals surface area (Å²) >= 11 is 14.4. The van der Waals surface area contributed by atoms with Gasteiger partial charge in [0.05, 0.1) is 47.1 Å². The summed E-state index contributed by atoms with van der Waals surface area (Å²) in [6.45, 7) is 3.59. The molecule has 2 aromatic carbocycles. The van der Waals surface area contributed by atoms with Crippen LogP contribution in [0.25, 0.3) is 10.1 Å². The van der Waals surface area contributed by atoms with Gasteiger partial charge in [-0.2, -0.15) is 0 Å². The van der Waals surface area contributed by atoms with E-state index < -0.39 is 23.8 Å². The molecule has 2 atom stereocenters. The number of halogens is 2. The molecule has 1 aliphatic heterocycles. The van der Waals surface area contributed by atoms with Gasteiger partial charge in [-0.25, -0.2) is 0 Å². The minimum absolute atomic E-state index is 0.0725. The van der Waals surface area contributed by atoms with E-state index in [-0.39, 0.29) is 78.1 Å². The van der Waals surface area contributed by atoms with E-state index in [0.717, 1.165) is 0 Å². The summed E-state index contributed by atoms with van der Waals surface area (Å²) in [7, 11) is 1.46. The topological polar surface area (TPSA) is 160 Å². The van der Waals surface area contributed by atoms with Crippen molar-refractivity contribution in [3.8, 4) is 23.0 Å². The molecule has 0 aliphatic carbocycles. The van der Waals surface area contributed by atoms with Crippen LogP contribution < -0.4 is 14.2 Å². The summed E-state index contributed by atoms with van der Waals surface area (Å²) in [4.78, 5) is 49.3. The predicted molar refractivity (Wildman–Crippen MR) is 164 cm³/mol. The standard InChI is InChI=1S/C30H31Cl2NO10S/c1-14(29(37)38)7-19(34)23-10-17-22(44-23)11-21(41-3)28(25(17)31)43-6-4-5-42-27-20(35)9-16-12-33(13-18(16)26(27)32)24(36)8-15(2)30(39)40/h9-11,14-15,35H,4-8,12-13H2,1-3H3,(H,37,38)(H,39,40)/t14-,15-/m0/s1. The van der Waals surface area contributed by atoms with Gasteiger partial charge < -0.3 is 34.4 Å². The second kappa shape index (κ2) is 13.9. The first-order valence-corrected chi connectivity index (χ1v) is 15.2. The number of methoxy groups -OCH3 is 1. The molecule has 1 aromatic heterocycles. The lowest BCUT2D eigenvalue weighted by molar-refractivity contribution is -0.145. The number of carbonyl (C=O) groups excluding carboxylic acids is 2. The maximum Gasteiger partial charge on any atom is 0.306 e. The largest absolute Gasteiger partial charge is 0.504 e. The number of ether oxygens (including phenoxy) is 3. The van der Waals surface area contributed by atoms with Crippen molar-refractivity contribution in [2.75, 3.05) is 20.3 Å². The van der Waals surface area contributed by atoms with Crippen LogP contribution in [-0.2, 0) is 27.5 Å². The SMILES string of the molecule is COc1cc2sc(C(=O)C[C@H](C)C(=O)O)cc2c(Cl)c1OCCCOc1c(O)cc2c(c1Cl)CN(C(=O)C[C@H](C)C(=O)O)C2. The van der Waals surface area contributed by atoms with Crippen LogP contribution in [0.2, 0.25) is 10.0 Å². The Morgan fingerprint density at radius 1 is 0.932 bits per heavy atom. The fourth-order valence-electron chi connectivity index (χ4n) is 4.66. The van der Waals surface area contributed by atoms with Crippen molar-refractivity contribution < 1.29 is 48.7 Å². The number of carboxylic acids is 2. The number of carbonyl (C=O) groups is 4. The number of Topliss-reactive ketones (excluding diaryl/α,β-unsaturated/α-hetero) is 1. The summed E-state index contributed by atoms with van der Waals surface area (Å²) in [5.41, 5.74) is 1.29. The number of benzene rings is 2. The third-order valence-electron chi connectivity index (χ3n) is 7.23. The monoisotopic (exact) mass is 667 g/mol. The fourth-order valence-corrected chi connectivity index (χ4v) is 6.40. The summed E-state index contributed by atoms with van der Waals surface area (Å²) in [6, 6.07) is 4.81. The Hall–Kier alpha value is -3.74.